The molecular weight excluding hydrogens is 202 g/mol. The first-order valence-electron chi connectivity index (χ1n) is 6.44. The highest BCUT2D eigenvalue weighted by Crippen LogP contribution is 2.07. The van der Waals surface area contributed by atoms with Gasteiger partial charge in [0.25, 0.3) is 0 Å². The van der Waals surface area contributed by atoms with Crippen molar-refractivity contribution in [3.63, 3.8) is 0 Å². The molecule has 1 aliphatic rings. The topological polar surface area (TPSA) is 44.4 Å². The smallest absolute Gasteiger partial charge is 0.233 e. The lowest BCUT2D eigenvalue weighted by atomic mass is 10.3. The van der Waals surface area contributed by atoms with Gasteiger partial charge in [-0.2, -0.15) is 0 Å². The molecule has 0 spiro atoms. The van der Waals surface area contributed by atoms with Crippen molar-refractivity contribution in [1.82, 2.24) is 15.5 Å². The molecule has 1 aliphatic heterocycles. The second-order valence-corrected chi connectivity index (χ2v) is 4.64. The summed E-state index contributed by atoms with van der Waals surface area (Å²) in [5.41, 5.74) is 0. The van der Waals surface area contributed by atoms with Crippen molar-refractivity contribution in [2.45, 2.75) is 39.2 Å². The van der Waals surface area contributed by atoms with E-state index in [-0.39, 0.29) is 5.91 Å². The van der Waals surface area contributed by atoms with Crippen LogP contribution in [0.5, 0.6) is 0 Å². The van der Waals surface area contributed by atoms with Crippen molar-refractivity contribution < 1.29 is 4.79 Å². The van der Waals surface area contributed by atoms with E-state index < -0.39 is 0 Å². The fourth-order valence-electron chi connectivity index (χ4n) is 2.01. The van der Waals surface area contributed by atoms with Crippen molar-refractivity contribution in [1.29, 1.82) is 0 Å². The molecule has 1 rings (SSSR count). The number of amides is 1. The van der Waals surface area contributed by atoms with E-state index in [0.29, 0.717) is 12.6 Å². The van der Waals surface area contributed by atoms with E-state index >= 15 is 0 Å². The zero-order valence-corrected chi connectivity index (χ0v) is 10.6. The average Bonchev–Trinajstić information content (AvgIpc) is 2.76. The molecule has 4 heteroatoms. The van der Waals surface area contributed by atoms with Crippen molar-refractivity contribution >= 4 is 5.91 Å². The molecule has 4 nitrogen and oxygen atoms in total. The minimum atomic E-state index is 0.107. The van der Waals surface area contributed by atoms with Gasteiger partial charge in [-0.25, -0.2) is 0 Å². The quantitative estimate of drug-likeness (QED) is 0.669. The summed E-state index contributed by atoms with van der Waals surface area (Å²) in [6.07, 6.45) is 3.64. The van der Waals surface area contributed by atoms with Crippen LogP contribution in [0.15, 0.2) is 0 Å². The minimum absolute atomic E-state index is 0.107. The monoisotopic (exact) mass is 227 g/mol. The zero-order chi connectivity index (χ0) is 11.8. The Kier molecular flexibility index (Phi) is 6.42. The van der Waals surface area contributed by atoms with Gasteiger partial charge in [0.15, 0.2) is 0 Å². The highest BCUT2D eigenvalue weighted by Gasteiger charge is 2.14. The number of rotatable bonds is 7. The van der Waals surface area contributed by atoms with Gasteiger partial charge in [-0.05, 0) is 39.3 Å². The Balaban J connectivity index is 2.04. The predicted molar refractivity (Wildman–Crippen MR) is 66.4 cm³/mol. The normalized spacial score (nSPS) is 18.6. The summed E-state index contributed by atoms with van der Waals surface area (Å²) in [5.74, 6) is 0.107. The first kappa shape index (κ1) is 13.5. The van der Waals surface area contributed by atoms with Gasteiger partial charge in [-0.1, -0.05) is 6.92 Å². The van der Waals surface area contributed by atoms with Gasteiger partial charge < -0.3 is 15.5 Å². The Morgan fingerprint density at radius 3 is 2.69 bits per heavy atom. The molecule has 1 amide bonds. The van der Waals surface area contributed by atoms with Crippen LogP contribution in [0, 0.1) is 0 Å². The van der Waals surface area contributed by atoms with E-state index in [2.05, 4.69) is 29.4 Å². The number of nitrogens with zero attached hydrogens (tertiary/aromatic N) is 1. The van der Waals surface area contributed by atoms with E-state index in [4.69, 9.17) is 0 Å². The van der Waals surface area contributed by atoms with Crippen molar-refractivity contribution in [2.24, 2.45) is 0 Å². The maximum Gasteiger partial charge on any atom is 0.233 e. The SMILES string of the molecule is CCCNC(=O)CNC(C)CN1CCCC1. The van der Waals surface area contributed by atoms with Crippen LogP contribution in [-0.2, 0) is 4.79 Å². The second-order valence-electron chi connectivity index (χ2n) is 4.64. The van der Waals surface area contributed by atoms with Gasteiger partial charge in [-0.15, -0.1) is 0 Å². The highest BCUT2D eigenvalue weighted by atomic mass is 16.1. The number of carbonyl (C=O) groups is 1. The van der Waals surface area contributed by atoms with Crippen molar-refractivity contribution in [3.05, 3.63) is 0 Å². The van der Waals surface area contributed by atoms with Gasteiger partial charge in [0.05, 0.1) is 6.54 Å². The molecule has 0 aromatic rings. The Morgan fingerprint density at radius 1 is 1.38 bits per heavy atom. The lowest BCUT2D eigenvalue weighted by Gasteiger charge is -2.20. The number of hydrogen-bond acceptors (Lipinski definition) is 3. The fourth-order valence-corrected chi connectivity index (χ4v) is 2.01. The van der Waals surface area contributed by atoms with Crippen LogP contribution < -0.4 is 10.6 Å². The lowest BCUT2D eigenvalue weighted by molar-refractivity contribution is -0.120. The largest absolute Gasteiger partial charge is 0.355 e. The van der Waals surface area contributed by atoms with Crippen LogP contribution >= 0.6 is 0 Å². The zero-order valence-electron chi connectivity index (χ0n) is 10.6. The second kappa shape index (κ2) is 7.63. The van der Waals surface area contributed by atoms with Crippen LogP contribution in [0.4, 0.5) is 0 Å². The molecule has 2 N–H and O–H groups in total. The molecule has 0 bridgehead atoms. The third-order valence-corrected chi connectivity index (χ3v) is 2.91. The van der Waals surface area contributed by atoms with Crippen molar-refractivity contribution in [3.8, 4) is 0 Å². The lowest BCUT2D eigenvalue weighted by Crippen LogP contribution is -2.43. The molecule has 1 heterocycles. The molecule has 94 valence electrons. The Labute approximate surface area is 98.8 Å². The minimum Gasteiger partial charge on any atom is -0.355 e. The van der Waals surface area contributed by atoms with Crippen molar-refractivity contribution in [2.75, 3.05) is 32.7 Å². The van der Waals surface area contributed by atoms with Crippen LogP contribution in [0.25, 0.3) is 0 Å². The molecule has 16 heavy (non-hydrogen) atoms. The molecular formula is C12H25N3O. The van der Waals surface area contributed by atoms with Crippen LogP contribution in [0.2, 0.25) is 0 Å². The van der Waals surface area contributed by atoms with E-state index in [9.17, 15) is 4.79 Å². The van der Waals surface area contributed by atoms with E-state index in [1.807, 2.05) is 0 Å². The van der Waals surface area contributed by atoms with Gasteiger partial charge in [0, 0.05) is 19.1 Å². The molecule has 0 aromatic carbocycles. The van der Waals surface area contributed by atoms with Gasteiger partial charge in [0.1, 0.15) is 0 Å². The average molecular weight is 227 g/mol. The molecule has 0 aliphatic carbocycles. The van der Waals surface area contributed by atoms with Gasteiger partial charge in [-0.3, -0.25) is 4.79 Å². The standard InChI is InChI=1S/C12H25N3O/c1-3-6-13-12(16)9-14-11(2)10-15-7-4-5-8-15/h11,14H,3-10H2,1-2H3,(H,13,16). The Morgan fingerprint density at radius 2 is 2.06 bits per heavy atom. The number of hydrogen-bond donors (Lipinski definition) is 2. The fraction of sp³-hybridized carbons (Fsp3) is 0.917. The summed E-state index contributed by atoms with van der Waals surface area (Å²) in [5, 5.41) is 6.13. The van der Waals surface area contributed by atoms with E-state index in [0.717, 1.165) is 19.5 Å². The third-order valence-electron chi connectivity index (χ3n) is 2.91. The number of likely N-dealkylation sites (tertiary alicyclic amines) is 1. The van der Waals surface area contributed by atoms with Crippen LogP contribution in [0.3, 0.4) is 0 Å². The summed E-state index contributed by atoms with van der Waals surface area (Å²) < 4.78 is 0. The first-order valence-corrected chi connectivity index (χ1v) is 6.44. The maximum absolute atomic E-state index is 11.4. The van der Waals surface area contributed by atoms with Crippen LogP contribution in [0.1, 0.15) is 33.1 Å². The number of carbonyl (C=O) groups excluding carboxylic acids is 1. The van der Waals surface area contributed by atoms with E-state index in [1.54, 1.807) is 0 Å². The summed E-state index contributed by atoms with van der Waals surface area (Å²) in [6.45, 7) is 8.91. The van der Waals surface area contributed by atoms with E-state index in [1.165, 1.54) is 25.9 Å². The summed E-state index contributed by atoms with van der Waals surface area (Å²) in [7, 11) is 0. The Hall–Kier alpha value is -0.610. The third kappa shape index (κ3) is 5.47. The molecule has 0 radical (unpaired) electrons. The summed E-state index contributed by atoms with van der Waals surface area (Å²) in [6, 6.07) is 0.394. The molecule has 1 atom stereocenters. The predicted octanol–water partition coefficient (Wildman–Crippen LogP) is 0.587. The molecule has 0 saturated carbocycles. The summed E-state index contributed by atoms with van der Waals surface area (Å²) >= 11 is 0. The highest BCUT2D eigenvalue weighted by molar-refractivity contribution is 5.77. The van der Waals surface area contributed by atoms with Gasteiger partial charge >= 0.3 is 0 Å². The Bertz CT molecular complexity index is 202. The molecule has 1 fully saturated rings. The van der Waals surface area contributed by atoms with Gasteiger partial charge in [0.2, 0.25) is 5.91 Å². The maximum atomic E-state index is 11.4. The molecule has 1 saturated heterocycles. The molecule has 1 unspecified atom stereocenters. The van der Waals surface area contributed by atoms with Crippen LogP contribution in [-0.4, -0.2) is 49.6 Å². The summed E-state index contributed by atoms with van der Waals surface area (Å²) in [4.78, 5) is 13.8. The number of nitrogens with one attached hydrogen (secondary N) is 2. The first-order chi connectivity index (χ1) is 7.72. The molecule has 0 aromatic heterocycles.